The highest BCUT2D eigenvalue weighted by Gasteiger charge is 2.26. The maximum Gasteiger partial charge on any atom is 0.134 e. The fraction of sp³-hybridized carbons (Fsp3) is 0.412. The van der Waals surface area contributed by atoms with E-state index in [9.17, 15) is 13.9 Å². The number of hydrogen-bond acceptors (Lipinski definition) is 4. The molecule has 0 spiro atoms. The molecule has 2 heterocycles. The van der Waals surface area contributed by atoms with Crippen molar-refractivity contribution in [3.63, 3.8) is 0 Å². The Labute approximate surface area is 133 Å². The van der Waals surface area contributed by atoms with Gasteiger partial charge in [-0.2, -0.15) is 0 Å². The van der Waals surface area contributed by atoms with Gasteiger partial charge in [0, 0.05) is 25.2 Å². The molecule has 1 N–H and O–H groups in total. The number of morpholine rings is 1. The minimum Gasteiger partial charge on any atom is -0.464 e. The molecule has 2 aromatic rings. The van der Waals surface area contributed by atoms with Gasteiger partial charge in [-0.05, 0) is 37.3 Å². The second-order valence-corrected chi connectivity index (χ2v) is 5.75. The fourth-order valence-electron chi connectivity index (χ4n) is 2.78. The van der Waals surface area contributed by atoms with Crippen molar-refractivity contribution in [2.45, 2.75) is 19.1 Å². The third kappa shape index (κ3) is 3.77. The van der Waals surface area contributed by atoms with Gasteiger partial charge < -0.3 is 14.3 Å². The van der Waals surface area contributed by atoms with Crippen molar-refractivity contribution in [2.24, 2.45) is 0 Å². The molecule has 6 heteroatoms. The molecule has 1 aliphatic rings. The van der Waals surface area contributed by atoms with Gasteiger partial charge in [0.1, 0.15) is 29.3 Å². The van der Waals surface area contributed by atoms with Gasteiger partial charge >= 0.3 is 0 Å². The second-order valence-electron chi connectivity index (χ2n) is 5.75. The van der Waals surface area contributed by atoms with Crippen molar-refractivity contribution >= 4 is 0 Å². The molecule has 0 radical (unpaired) electrons. The minimum atomic E-state index is -1.09. The highest BCUT2D eigenvalue weighted by molar-refractivity contribution is 5.21. The van der Waals surface area contributed by atoms with Crippen molar-refractivity contribution < 1.29 is 23.0 Å². The fourth-order valence-corrected chi connectivity index (χ4v) is 2.78. The Kier molecular flexibility index (Phi) is 4.75. The highest BCUT2D eigenvalue weighted by atomic mass is 19.1. The summed E-state index contributed by atoms with van der Waals surface area (Å²) in [4.78, 5) is 1.96. The number of rotatable bonds is 4. The van der Waals surface area contributed by atoms with Crippen LogP contribution in [-0.2, 0) is 4.74 Å². The van der Waals surface area contributed by atoms with E-state index in [0.717, 1.165) is 29.7 Å². The van der Waals surface area contributed by atoms with Crippen LogP contribution >= 0.6 is 0 Å². The zero-order chi connectivity index (χ0) is 16.4. The quantitative estimate of drug-likeness (QED) is 0.940. The molecule has 1 aliphatic heterocycles. The molecule has 2 atom stereocenters. The molecule has 0 bridgehead atoms. The normalized spacial score (nSPS) is 20.6. The van der Waals surface area contributed by atoms with Crippen molar-refractivity contribution in [1.29, 1.82) is 0 Å². The Morgan fingerprint density at radius 2 is 2.13 bits per heavy atom. The maximum absolute atomic E-state index is 13.7. The van der Waals surface area contributed by atoms with E-state index < -0.39 is 17.7 Å². The lowest BCUT2D eigenvalue weighted by Crippen LogP contribution is -2.40. The van der Waals surface area contributed by atoms with Crippen LogP contribution in [0.2, 0.25) is 0 Å². The van der Waals surface area contributed by atoms with Crippen molar-refractivity contribution in [3.8, 4) is 0 Å². The van der Waals surface area contributed by atoms with E-state index in [1.54, 1.807) is 0 Å². The van der Waals surface area contributed by atoms with Crippen molar-refractivity contribution in [1.82, 2.24) is 4.90 Å². The van der Waals surface area contributed by atoms with Crippen LogP contribution in [-0.4, -0.2) is 36.2 Å². The van der Waals surface area contributed by atoms with Crippen LogP contribution in [0.1, 0.15) is 29.3 Å². The Morgan fingerprint density at radius 1 is 1.30 bits per heavy atom. The summed E-state index contributed by atoms with van der Waals surface area (Å²) in [7, 11) is 0. The molecule has 0 saturated carbocycles. The van der Waals surface area contributed by atoms with Gasteiger partial charge in [0.05, 0.1) is 12.7 Å². The van der Waals surface area contributed by atoms with E-state index in [1.807, 2.05) is 24.0 Å². The molecule has 0 aliphatic carbocycles. The van der Waals surface area contributed by atoms with Gasteiger partial charge in [-0.1, -0.05) is 0 Å². The summed E-state index contributed by atoms with van der Waals surface area (Å²) in [5.41, 5.74) is -0.0260. The molecule has 3 rings (SSSR count). The van der Waals surface area contributed by atoms with Crippen LogP contribution in [0.15, 0.2) is 34.7 Å². The number of nitrogens with zero attached hydrogens (tertiary/aromatic N) is 1. The molecule has 0 amide bonds. The summed E-state index contributed by atoms with van der Waals surface area (Å²) in [6, 6.07) is 6.84. The van der Waals surface area contributed by atoms with Gasteiger partial charge in [-0.3, -0.25) is 4.90 Å². The van der Waals surface area contributed by atoms with Crippen LogP contribution in [0.4, 0.5) is 8.78 Å². The average molecular weight is 323 g/mol. The minimum absolute atomic E-state index is 0.0260. The smallest absolute Gasteiger partial charge is 0.134 e. The monoisotopic (exact) mass is 323 g/mol. The molecule has 1 saturated heterocycles. The molecule has 4 nitrogen and oxygen atoms in total. The number of aliphatic hydroxyl groups excluding tert-OH is 1. The zero-order valence-electron chi connectivity index (χ0n) is 12.8. The number of aliphatic hydroxyl groups is 1. The number of furan rings is 1. The van der Waals surface area contributed by atoms with Gasteiger partial charge in [0.15, 0.2) is 0 Å². The summed E-state index contributed by atoms with van der Waals surface area (Å²) in [5, 5.41) is 10.2. The first kappa shape index (κ1) is 16.1. The summed E-state index contributed by atoms with van der Waals surface area (Å²) in [5.74, 6) is 0.373. The summed E-state index contributed by atoms with van der Waals surface area (Å²) < 4.78 is 38.2. The van der Waals surface area contributed by atoms with Crippen LogP contribution in [0.3, 0.4) is 0 Å². The summed E-state index contributed by atoms with van der Waals surface area (Å²) in [6.45, 7) is 3.70. The number of benzene rings is 1. The molecule has 124 valence electrons. The summed E-state index contributed by atoms with van der Waals surface area (Å²) >= 11 is 0. The SMILES string of the molecule is Cc1ccc(C2CN(CC(O)c3cc(F)ccc3F)CCO2)o1. The second kappa shape index (κ2) is 6.78. The van der Waals surface area contributed by atoms with E-state index in [0.29, 0.717) is 19.7 Å². The number of halogens is 2. The Bertz CT molecular complexity index is 674. The number of β-amino-alcohol motifs (C(OH)–C–C–N with tert-alkyl or cyclic N) is 1. The van der Waals surface area contributed by atoms with Crippen molar-refractivity contribution in [2.75, 3.05) is 26.2 Å². The Morgan fingerprint density at radius 3 is 2.87 bits per heavy atom. The highest BCUT2D eigenvalue weighted by Crippen LogP contribution is 2.26. The number of ether oxygens (including phenoxy) is 1. The van der Waals surface area contributed by atoms with E-state index in [4.69, 9.17) is 9.15 Å². The number of hydrogen-bond donors (Lipinski definition) is 1. The first-order valence-corrected chi connectivity index (χ1v) is 7.56. The van der Waals surface area contributed by atoms with E-state index in [2.05, 4.69) is 0 Å². The molecule has 1 aromatic heterocycles. The van der Waals surface area contributed by atoms with Crippen LogP contribution < -0.4 is 0 Å². The third-order valence-electron chi connectivity index (χ3n) is 3.98. The standard InChI is InChI=1S/C17H19F2NO3/c1-11-2-5-16(23-11)17-10-20(6-7-22-17)9-15(21)13-8-12(18)3-4-14(13)19/h2-5,8,15,17,21H,6-7,9-10H2,1H3. The summed E-state index contributed by atoms with van der Waals surface area (Å²) in [6.07, 6.45) is -1.32. The largest absolute Gasteiger partial charge is 0.464 e. The molecular formula is C17H19F2NO3. The first-order valence-electron chi connectivity index (χ1n) is 7.56. The maximum atomic E-state index is 13.7. The zero-order valence-corrected chi connectivity index (χ0v) is 12.8. The Hall–Kier alpha value is -1.76. The number of aryl methyl sites for hydroxylation is 1. The van der Waals surface area contributed by atoms with E-state index in [1.165, 1.54) is 0 Å². The molecule has 1 fully saturated rings. The average Bonchev–Trinajstić information content (AvgIpc) is 2.96. The predicted molar refractivity (Wildman–Crippen MR) is 79.9 cm³/mol. The molecule has 1 aromatic carbocycles. The topological polar surface area (TPSA) is 45.8 Å². The lowest BCUT2D eigenvalue weighted by Gasteiger charge is -2.33. The van der Waals surface area contributed by atoms with E-state index >= 15 is 0 Å². The molecular weight excluding hydrogens is 304 g/mol. The van der Waals surface area contributed by atoms with Crippen LogP contribution in [0.25, 0.3) is 0 Å². The Balaban J connectivity index is 1.66. The van der Waals surface area contributed by atoms with Crippen LogP contribution in [0.5, 0.6) is 0 Å². The van der Waals surface area contributed by atoms with Gasteiger partial charge in [0.25, 0.3) is 0 Å². The molecule has 2 unspecified atom stereocenters. The van der Waals surface area contributed by atoms with Gasteiger partial charge in [0.2, 0.25) is 0 Å². The van der Waals surface area contributed by atoms with E-state index in [-0.39, 0.29) is 18.2 Å². The van der Waals surface area contributed by atoms with Gasteiger partial charge in [-0.15, -0.1) is 0 Å². The van der Waals surface area contributed by atoms with Gasteiger partial charge in [-0.25, -0.2) is 8.78 Å². The lowest BCUT2D eigenvalue weighted by molar-refractivity contribution is -0.0516. The third-order valence-corrected chi connectivity index (χ3v) is 3.98. The lowest BCUT2D eigenvalue weighted by atomic mass is 10.1. The van der Waals surface area contributed by atoms with Crippen molar-refractivity contribution in [3.05, 3.63) is 59.1 Å². The predicted octanol–water partition coefficient (Wildman–Crippen LogP) is 2.97. The molecule has 23 heavy (non-hydrogen) atoms. The first-order chi connectivity index (χ1) is 11.0. The van der Waals surface area contributed by atoms with Crippen LogP contribution in [0, 0.1) is 18.6 Å².